The van der Waals surface area contributed by atoms with Crippen molar-refractivity contribution in [1.29, 1.82) is 0 Å². The molecule has 0 radical (unpaired) electrons. The molecule has 7 nitrogen and oxygen atoms in total. The lowest BCUT2D eigenvalue weighted by molar-refractivity contribution is -0.138. The Morgan fingerprint density at radius 2 is 1.61 bits per heavy atom. The van der Waals surface area contributed by atoms with E-state index in [2.05, 4.69) is 20.5 Å². The molecule has 160 valence electrons. The van der Waals surface area contributed by atoms with Crippen molar-refractivity contribution in [3.63, 3.8) is 0 Å². The molecule has 3 aliphatic rings. The zero-order chi connectivity index (χ0) is 20.0. The zero-order valence-corrected chi connectivity index (χ0v) is 18.1. The number of guanidine groups is 1. The summed E-state index contributed by atoms with van der Waals surface area (Å²) in [5.41, 5.74) is -0.122. The number of nitrogens with one attached hydrogen (secondary N) is 2. The maximum Gasteiger partial charge on any atom is 0.230 e. The highest BCUT2D eigenvalue weighted by Crippen LogP contribution is 2.39. The molecule has 1 aliphatic carbocycles. The third kappa shape index (κ3) is 4.62. The van der Waals surface area contributed by atoms with E-state index in [0.29, 0.717) is 6.54 Å². The predicted molar refractivity (Wildman–Crippen MR) is 113 cm³/mol. The van der Waals surface area contributed by atoms with Crippen molar-refractivity contribution in [2.45, 2.75) is 56.9 Å². The van der Waals surface area contributed by atoms with Gasteiger partial charge in [0.05, 0.1) is 5.41 Å². The number of carbonyl (C=O) groups is 1. The quantitative estimate of drug-likeness (QED) is 0.528. The number of amides is 1. The Hall–Kier alpha value is -1.34. The van der Waals surface area contributed by atoms with Crippen molar-refractivity contribution in [1.82, 2.24) is 20.4 Å². The topological polar surface area (TPSA) is 69.2 Å². The third-order valence-corrected chi connectivity index (χ3v) is 7.02. The van der Waals surface area contributed by atoms with Gasteiger partial charge in [-0.1, -0.05) is 12.8 Å². The van der Waals surface area contributed by atoms with Gasteiger partial charge < -0.3 is 20.3 Å². The summed E-state index contributed by atoms with van der Waals surface area (Å²) in [5, 5.41) is 7.06. The van der Waals surface area contributed by atoms with Crippen LogP contribution in [0, 0.1) is 5.41 Å². The molecule has 3 fully saturated rings. The van der Waals surface area contributed by atoms with Gasteiger partial charge in [0, 0.05) is 53.0 Å². The maximum absolute atomic E-state index is 12.8. The summed E-state index contributed by atoms with van der Waals surface area (Å²) in [4.78, 5) is 21.6. The number of likely N-dealkylation sites (tertiary alicyclic amines) is 1. The molecule has 0 bridgehead atoms. The first kappa shape index (κ1) is 21.4. The van der Waals surface area contributed by atoms with Crippen molar-refractivity contribution in [2.75, 3.05) is 60.5 Å². The number of nitrogens with zero attached hydrogens (tertiary/aromatic N) is 3. The van der Waals surface area contributed by atoms with E-state index in [-0.39, 0.29) is 16.9 Å². The number of rotatable bonds is 6. The van der Waals surface area contributed by atoms with Gasteiger partial charge in [0.15, 0.2) is 5.96 Å². The van der Waals surface area contributed by atoms with E-state index >= 15 is 0 Å². The van der Waals surface area contributed by atoms with E-state index in [0.717, 1.165) is 64.2 Å². The summed E-state index contributed by atoms with van der Waals surface area (Å²) < 4.78 is 5.65. The lowest BCUT2D eigenvalue weighted by atomic mass is 9.84. The van der Waals surface area contributed by atoms with Crippen molar-refractivity contribution < 1.29 is 9.53 Å². The van der Waals surface area contributed by atoms with Gasteiger partial charge in [0.1, 0.15) is 0 Å². The number of ether oxygens (including phenoxy) is 1. The Bertz CT molecular complexity index is 545. The fraction of sp³-hybridized carbons (Fsp3) is 0.905. The molecule has 2 saturated heterocycles. The second-order valence-corrected chi connectivity index (χ2v) is 9.00. The number of hydrogen-bond acceptors (Lipinski definition) is 4. The highest BCUT2D eigenvalue weighted by molar-refractivity contribution is 5.85. The van der Waals surface area contributed by atoms with Gasteiger partial charge in [-0.15, -0.1) is 0 Å². The van der Waals surface area contributed by atoms with Crippen LogP contribution in [0.1, 0.15) is 51.4 Å². The predicted octanol–water partition coefficient (Wildman–Crippen LogP) is 1.45. The Labute approximate surface area is 170 Å². The lowest BCUT2D eigenvalue weighted by Gasteiger charge is -2.45. The number of aliphatic imine (C=N–C) groups is 1. The smallest absolute Gasteiger partial charge is 0.230 e. The molecule has 0 aromatic carbocycles. The molecule has 0 aromatic heterocycles. The SMILES string of the molecule is CN=C(NCC1(C(=O)N(C)C)CCCC1)NCC1(N2CCCC2)CCOCC1. The average Bonchev–Trinajstić information content (AvgIpc) is 3.41. The molecule has 0 atom stereocenters. The van der Waals surface area contributed by atoms with Crippen LogP contribution in [0.15, 0.2) is 4.99 Å². The normalized spacial score (nSPS) is 24.9. The minimum Gasteiger partial charge on any atom is -0.381 e. The fourth-order valence-corrected chi connectivity index (χ4v) is 5.26. The van der Waals surface area contributed by atoms with Gasteiger partial charge in [-0.3, -0.25) is 14.7 Å². The summed E-state index contributed by atoms with van der Waals surface area (Å²) in [6.45, 7) is 5.59. The molecule has 3 rings (SSSR count). The molecule has 28 heavy (non-hydrogen) atoms. The molecule has 0 unspecified atom stereocenters. The zero-order valence-electron chi connectivity index (χ0n) is 18.1. The molecular weight excluding hydrogens is 354 g/mol. The van der Waals surface area contributed by atoms with Crippen molar-refractivity contribution in [2.24, 2.45) is 10.4 Å². The summed E-state index contributed by atoms with van der Waals surface area (Å²) in [7, 11) is 5.54. The molecule has 2 N–H and O–H groups in total. The first-order valence-corrected chi connectivity index (χ1v) is 11.0. The Morgan fingerprint density at radius 3 is 2.18 bits per heavy atom. The van der Waals surface area contributed by atoms with Crippen molar-refractivity contribution in [3.8, 4) is 0 Å². The Balaban J connectivity index is 1.59. The molecule has 7 heteroatoms. The second kappa shape index (κ2) is 9.44. The van der Waals surface area contributed by atoms with Gasteiger partial charge in [-0.25, -0.2) is 0 Å². The molecular formula is C21H39N5O2. The Morgan fingerprint density at radius 1 is 1.00 bits per heavy atom. The van der Waals surface area contributed by atoms with Gasteiger partial charge in [0.25, 0.3) is 0 Å². The van der Waals surface area contributed by atoms with Gasteiger partial charge in [-0.2, -0.15) is 0 Å². The highest BCUT2D eigenvalue weighted by atomic mass is 16.5. The van der Waals surface area contributed by atoms with Gasteiger partial charge in [-0.05, 0) is 51.6 Å². The lowest BCUT2D eigenvalue weighted by Crippen LogP contribution is -2.59. The van der Waals surface area contributed by atoms with Crippen LogP contribution in [-0.2, 0) is 9.53 Å². The number of hydrogen-bond donors (Lipinski definition) is 2. The molecule has 0 aromatic rings. The summed E-state index contributed by atoms with van der Waals surface area (Å²) in [6, 6.07) is 0. The molecule has 0 spiro atoms. The highest BCUT2D eigenvalue weighted by Gasteiger charge is 2.43. The summed E-state index contributed by atoms with van der Waals surface area (Å²) >= 11 is 0. The van der Waals surface area contributed by atoms with Crippen LogP contribution in [0.4, 0.5) is 0 Å². The van der Waals surface area contributed by atoms with Crippen LogP contribution in [0.5, 0.6) is 0 Å². The van der Waals surface area contributed by atoms with E-state index in [1.165, 1.54) is 25.9 Å². The molecule has 2 heterocycles. The van der Waals surface area contributed by atoms with E-state index in [4.69, 9.17) is 4.74 Å². The van der Waals surface area contributed by atoms with E-state index in [1.807, 2.05) is 21.1 Å². The van der Waals surface area contributed by atoms with Crippen LogP contribution in [0.3, 0.4) is 0 Å². The van der Waals surface area contributed by atoms with Gasteiger partial charge >= 0.3 is 0 Å². The average molecular weight is 394 g/mol. The second-order valence-electron chi connectivity index (χ2n) is 9.00. The monoisotopic (exact) mass is 393 g/mol. The Kier molecular flexibility index (Phi) is 7.20. The largest absolute Gasteiger partial charge is 0.381 e. The summed E-state index contributed by atoms with van der Waals surface area (Å²) in [6.07, 6.45) is 8.92. The first-order valence-electron chi connectivity index (χ1n) is 11.0. The van der Waals surface area contributed by atoms with E-state index in [9.17, 15) is 4.79 Å². The van der Waals surface area contributed by atoms with Crippen molar-refractivity contribution in [3.05, 3.63) is 0 Å². The standard InChI is InChI=1S/C21H39N5O2/c1-22-19(23-16-20(8-4-5-9-20)18(27)25(2)3)24-17-21(10-14-28-15-11-21)26-12-6-7-13-26/h4-17H2,1-3H3,(H2,22,23,24). The van der Waals surface area contributed by atoms with Crippen molar-refractivity contribution >= 4 is 11.9 Å². The van der Waals surface area contributed by atoms with Crippen LogP contribution in [-0.4, -0.2) is 87.7 Å². The first-order chi connectivity index (χ1) is 13.5. The van der Waals surface area contributed by atoms with Crippen LogP contribution in [0.2, 0.25) is 0 Å². The number of carbonyl (C=O) groups excluding carboxylic acids is 1. The third-order valence-electron chi connectivity index (χ3n) is 7.02. The van der Waals surface area contributed by atoms with E-state index in [1.54, 1.807) is 4.90 Å². The van der Waals surface area contributed by atoms with Crippen LogP contribution >= 0.6 is 0 Å². The minimum atomic E-state index is -0.285. The maximum atomic E-state index is 12.8. The van der Waals surface area contributed by atoms with Crippen LogP contribution in [0.25, 0.3) is 0 Å². The fourth-order valence-electron chi connectivity index (χ4n) is 5.26. The van der Waals surface area contributed by atoms with E-state index < -0.39 is 0 Å². The van der Waals surface area contributed by atoms with Crippen LogP contribution < -0.4 is 10.6 Å². The molecule has 1 saturated carbocycles. The minimum absolute atomic E-state index is 0.164. The molecule has 2 aliphatic heterocycles. The molecule has 1 amide bonds. The van der Waals surface area contributed by atoms with Gasteiger partial charge in [0.2, 0.25) is 5.91 Å². The summed E-state index contributed by atoms with van der Waals surface area (Å²) in [5.74, 6) is 1.05.